The third kappa shape index (κ3) is 2.94. The Kier molecular flexibility index (Phi) is 4.81. The first-order valence-corrected chi connectivity index (χ1v) is 7.98. The van der Waals surface area contributed by atoms with E-state index in [1.807, 2.05) is 11.3 Å². The van der Waals surface area contributed by atoms with E-state index in [1.54, 1.807) is 0 Å². The maximum Gasteiger partial charge on any atom is 0.226 e. The number of thiophene rings is 1. The molecule has 1 aromatic heterocycles. The predicted octanol–water partition coefficient (Wildman–Crippen LogP) is 3.50. The molecule has 2 nitrogen and oxygen atoms in total. The summed E-state index contributed by atoms with van der Waals surface area (Å²) in [4.78, 5) is 16.1. The van der Waals surface area contributed by atoms with Crippen LogP contribution in [0.4, 0.5) is 0 Å². The molecule has 0 aromatic carbocycles. The highest BCUT2D eigenvalue weighted by Crippen LogP contribution is 2.30. The van der Waals surface area contributed by atoms with E-state index in [4.69, 9.17) is 0 Å². The Morgan fingerprint density at radius 1 is 1.39 bits per heavy atom. The molecule has 1 atom stereocenters. The van der Waals surface area contributed by atoms with Crippen LogP contribution in [0, 0.1) is 5.92 Å². The average Bonchev–Trinajstić information content (AvgIpc) is 2.84. The van der Waals surface area contributed by atoms with Gasteiger partial charge in [0.05, 0.1) is 0 Å². The lowest BCUT2D eigenvalue weighted by atomic mass is 9.88. The summed E-state index contributed by atoms with van der Waals surface area (Å²) in [6, 6.07) is 2.22. The minimum atomic E-state index is 0.231. The SMILES string of the molecule is CCCN(CCC)C(=O)[C@@H]1CCc2ccsc2C1. The van der Waals surface area contributed by atoms with Crippen molar-refractivity contribution >= 4 is 17.2 Å². The summed E-state index contributed by atoms with van der Waals surface area (Å²) in [5.74, 6) is 0.618. The Morgan fingerprint density at radius 2 is 2.11 bits per heavy atom. The van der Waals surface area contributed by atoms with Crippen molar-refractivity contribution in [3.05, 3.63) is 21.9 Å². The van der Waals surface area contributed by atoms with Gasteiger partial charge in [0.15, 0.2) is 0 Å². The third-order valence-electron chi connectivity index (χ3n) is 3.68. The molecular formula is C15H23NOS. The Labute approximate surface area is 114 Å². The summed E-state index contributed by atoms with van der Waals surface area (Å²) in [6.45, 7) is 6.13. The molecule has 0 aliphatic heterocycles. The van der Waals surface area contributed by atoms with Crippen molar-refractivity contribution in [2.45, 2.75) is 46.0 Å². The number of nitrogens with zero attached hydrogens (tertiary/aromatic N) is 1. The minimum Gasteiger partial charge on any atom is -0.342 e. The number of hydrogen-bond donors (Lipinski definition) is 0. The standard InChI is InChI=1S/C15H23NOS/c1-3-8-16(9-4-2)15(17)13-6-5-12-7-10-18-14(12)11-13/h7,10,13H,3-6,8-9,11H2,1-2H3/t13-/m1/s1. The lowest BCUT2D eigenvalue weighted by molar-refractivity contribution is -0.136. The van der Waals surface area contributed by atoms with Crippen molar-refractivity contribution in [1.29, 1.82) is 0 Å². The van der Waals surface area contributed by atoms with Gasteiger partial charge in [0.25, 0.3) is 0 Å². The van der Waals surface area contributed by atoms with Gasteiger partial charge < -0.3 is 4.90 Å². The van der Waals surface area contributed by atoms with E-state index in [-0.39, 0.29) is 5.92 Å². The van der Waals surface area contributed by atoms with E-state index in [1.165, 1.54) is 10.4 Å². The van der Waals surface area contributed by atoms with Crippen LogP contribution in [0.25, 0.3) is 0 Å². The van der Waals surface area contributed by atoms with E-state index in [2.05, 4.69) is 30.2 Å². The van der Waals surface area contributed by atoms with Gasteiger partial charge in [-0.2, -0.15) is 0 Å². The van der Waals surface area contributed by atoms with Crippen molar-refractivity contribution in [3.63, 3.8) is 0 Å². The van der Waals surface area contributed by atoms with E-state index in [9.17, 15) is 4.79 Å². The highest BCUT2D eigenvalue weighted by atomic mass is 32.1. The molecule has 1 aliphatic rings. The van der Waals surface area contributed by atoms with Crippen molar-refractivity contribution < 1.29 is 4.79 Å². The van der Waals surface area contributed by atoms with E-state index < -0.39 is 0 Å². The molecule has 1 aromatic rings. The zero-order valence-corrected chi connectivity index (χ0v) is 12.3. The maximum atomic E-state index is 12.5. The first-order valence-electron chi connectivity index (χ1n) is 7.10. The van der Waals surface area contributed by atoms with Gasteiger partial charge in [-0.3, -0.25) is 4.79 Å². The molecule has 0 radical (unpaired) electrons. The molecule has 1 heterocycles. The van der Waals surface area contributed by atoms with E-state index in [0.717, 1.165) is 45.2 Å². The van der Waals surface area contributed by atoms with E-state index >= 15 is 0 Å². The van der Waals surface area contributed by atoms with Crippen LogP contribution in [0.15, 0.2) is 11.4 Å². The maximum absolute atomic E-state index is 12.5. The number of rotatable bonds is 5. The number of hydrogen-bond acceptors (Lipinski definition) is 2. The average molecular weight is 265 g/mol. The summed E-state index contributed by atoms with van der Waals surface area (Å²) >= 11 is 1.81. The lowest BCUT2D eigenvalue weighted by Crippen LogP contribution is -2.39. The Bertz CT molecular complexity index is 393. The van der Waals surface area contributed by atoms with Crippen molar-refractivity contribution in [2.24, 2.45) is 5.92 Å². The number of carbonyl (C=O) groups is 1. The van der Waals surface area contributed by atoms with Gasteiger partial charge in [-0.25, -0.2) is 0 Å². The minimum absolute atomic E-state index is 0.231. The first-order chi connectivity index (χ1) is 8.76. The third-order valence-corrected chi connectivity index (χ3v) is 4.67. The molecule has 1 amide bonds. The quantitative estimate of drug-likeness (QED) is 0.798. The van der Waals surface area contributed by atoms with Crippen molar-refractivity contribution in [1.82, 2.24) is 4.90 Å². The van der Waals surface area contributed by atoms with Gasteiger partial charge in [-0.15, -0.1) is 11.3 Å². The summed E-state index contributed by atoms with van der Waals surface area (Å²) < 4.78 is 0. The molecule has 0 N–H and O–H groups in total. The van der Waals surface area contributed by atoms with E-state index in [0.29, 0.717) is 5.91 Å². The van der Waals surface area contributed by atoms with Crippen LogP contribution in [0.3, 0.4) is 0 Å². The largest absolute Gasteiger partial charge is 0.342 e. The Balaban J connectivity index is 2.01. The zero-order valence-electron chi connectivity index (χ0n) is 11.4. The van der Waals surface area contributed by atoms with Gasteiger partial charge >= 0.3 is 0 Å². The molecule has 1 aliphatic carbocycles. The van der Waals surface area contributed by atoms with Crippen LogP contribution < -0.4 is 0 Å². The Hall–Kier alpha value is -0.830. The number of fused-ring (bicyclic) bond motifs is 1. The molecule has 0 saturated carbocycles. The van der Waals surface area contributed by atoms with Gasteiger partial charge in [-0.05, 0) is 49.1 Å². The molecule has 0 bridgehead atoms. The summed E-state index contributed by atoms with van der Waals surface area (Å²) in [7, 11) is 0. The zero-order chi connectivity index (χ0) is 13.0. The van der Waals surface area contributed by atoms with Crippen LogP contribution in [-0.4, -0.2) is 23.9 Å². The number of amides is 1. The van der Waals surface area contributed by atoms with Crippen LogP contribution in [0.1, 0.15) is 43.6 Å². The molecule has 0 unspecified atom stereocenters. The summed E-state index contributed by atoms with van der Waals surface area (Å²) in [5, 5.41) is 2.16. The predicted molar refractivity (Wildman–Crippen MR) is 77.0 cm³/mol. The molecule has 3 heteroatoms. The van der Waals surface area contributed by atoms with Gasteiger partial charge in [0.2, 0.25) is 5.91 Å². The molecule has 0 fully saturated rings. The molecule has 0 saturated heterocycles. The normalized spacial score (nSPS) is 18.4. The van der Waals surface area contributed by atoms with Crippen LogP contribution >= 0.6 is 11.3 Å². The van der Waals surface area contributed by atoms with Crippen LogP contribution in [-0.2, 0) is 17.6 Å². The highest BCUT2D eigenvalue weighted by molar-refractivity contribution is 7.10. The number of aryl methyl sites for hydroxylation is 1. The van der Waals surface area contributed by atoms with Gasteiger partial charge in [-0.1, -0.05) is 13.8 Å². The fourth-order valence-corrected chi connectivity index (χ4v) is 3.78. The first kappa shape index (κ1) is 13.6. The molecule has 2 rings (SSSR count). The Morgan fingerprint density at radius 3 is 2.78 bits per heavy atom. The van der Waals surface area contributed by atoms with Gasteiger partial charge in [0, 0.05) is 23.9 Å². The van der Waals surface area contributed by atoms with Gasteiger partial charge in [0.1, 0.15) is 0 Å². The second-order valence-corrected chi connectivity index (χ2v) is 6.13. The van der Waals surface area contributed by atoms with Crippen LogP contribution in [0.2, 0.25) is 0 Å². The second kappa shape index (κ2) is 6.37. The lowest BCUT2D eigenvalue weighted by Gasteiger charge is -2.29. The summed E-state index contributed by atoms with van der Waals surface area (Å²) in [5.41, 5.74) is 1.47. The second-order valence-electron chi connectivity index (χ2n) is 5.13. The van der Waals surface area contributed by atoms with Crippen LogP contribution in [0.5, 0.6) is 0 Å². The summed E-state index contributed by atoms with van der Waals surface area (Å²) in [6.07, 6.45) is 5.20. The highest BCUT2D eigenvalue weighted by Gasteiger charge is 2.28. The molecular weight excluding hydrogens is 242 g/mol. The fourth-order valence-electron chi connectivity index (χ4n) is 2.77. The number of carbonyl (C=O) groups excluding carboxylic acids is 1. The monoisotopic (exact) mass is 265 g/mol. The van der Waals surface area contributed by atoms with Crippen molar-refractivity contribution in [3.8, 4) is 0 Å². The van der Waals surface area contributed by atoms with Crippen molar-refractivity contribution in [2.75, 3.05) is 13.1 Å². The topological polar surface area (TPSA) is 20.3 Å². The molecule has 0 spiro atoms. The molecule has 100 valence electrons. The smallest absolute Gasteiger partial charge is 0.226 e. The fraction of sp³-hybridized carbons (Fsp3) is 0.667. The molecule has 18 heavy (non-hydrogen) atoms.